The number of rotatable bonds is 1. The van der Waals surface area contributed by atoms with Gasteiger partial charge in [0.05, 0.1) is 12.7 Å². The average Bonchev–Trinajstić information content (AvgIpc) is 3.04. The fourth-order valence-corrected chi connectivity index (χ4v) is 2.79. The van der Waals surface area contributed by atoms with E-state index in [2.05, 4.69) is 28.4 Å². The highest BCUT2D eigenvalue weighted by atomic mass is 19.4. The Morgan fingerprint density at radius 1 is 0.903 bits per heavy atom. The topological polar surface area (TPSA) is 76.0 Å². The molecule has 1 saturated heterocycles. The SMILES string of the molecule is COC(=O)[C@H]1O[C@@H](C#Cc2ccc(C#Cc3ccc(C(F)(F)F)cc3)cc2)[C@@H](O)[C@H]1O. The molecule has 0 saturated carbocycles. The molecule has 1 fully saturated rings. The first kappa shape index (κ1) is 22.4. The monoisotopic (exact) mass is 430 g/mol. The number of alkyl halides is 3. The maximum Gasteiger partial charge on any atom is 0.416 e. The van der Waals surface area contributed by atoms with E-state index >= 15 is 0 Å². The van der Waals surface area contributed by atoms with Crippen molar-refractivity contribution in [2.24, 2.45) is 0 Å². The lowest BCUT2D eigenvalue weighted by molar-refractivity contribution is -0.156. The molecule has 160 valence electrons. The largest absolute Gasteiger partial charge is 0.467 e. The third-order valence-electron chi connectivity index (χ3n) is 4.50. The van der Waals surface area contributed by atoms with Crippen molar-refractivity contribution in [3.05, 3.63) is 70.8 Å². The zero-order valence-electron chi connectivity index (χ0n) is 16.2. The van der Waals surface area contributed by atoms with Crippen molar-refractivity contribution < 1.29 is 37.7 Å². The molecular formula is C23H17F3O5. The molecule has 31 heavy (non-hydrogen) atoms. The normalized spacial score (nSPS) is 22.6. The number of benzene rings is 2. The van der Waals surface area contributed by atoms with Crippen LogP contribution >= 0.6 is 0 Å². The standard InChI is InChI=1S/C23H17F3O5/c1-30-22(29)21-20(28)19(27)18(31-21)13-10-15-5-2-14(3-6-15)4-7-16-8-11-17(12-9-16)23(24,25)26/h2-3,5-6,8-9,11-12,18-21,27-28H,1H3/t18-,19+,20+,21-/m0/s1. The highest BCUT2D eigenvalue weighted by Gasteiger charge is 2.46. The van der Waals surface area contributed by atoms with E-state index < -0.39 is 42.1 Å². The summed E-state index contributed by atoms with van der Waals surface area (Å²) in [5.41, 5.74) is 0.918. The maximum atomic E-state index is 12.6. The van der Waals surface area contributed by atoms with Crippen LogP contribution in [0.1, 0.15) is 22.3 Å². The summed E-state index contributed by atoms with van der Waals surface area (Å²) in [6, 6.07) is 11.3. The Morgan fingerprint density at radius 2 is 1.39 bits per heavy atom. The van der Waals surface area contributed by atoms with Gasteiger partial charge in [-0.3, -0.25) is 0 Å². The van der Waals surface area contributed by atoms with Crippen molar-refractivity contribution in [3.63, 3.8) is 0 Å². The molecule has 0 bridgehead atoms. The highest BCUT2D eigenvalue weighted by Crippen LogP contribution is 2.29. The number of ether oxygens (including phenoxy) is 2. The number of halogens is 3. The number of methoxy groups -OCH3 is 1. The van der Waals surface area contributed by atoms with Crippen LogP contribution in [0, 0.1) is 23.7 Å². The van der Waals surface area contributed by atoms with E-state index in [1.165, 1.54) is 12.1 Å². The minimum Gasteiger partial charge on any atom is -0.467 e. The fraction of sp³-hybridized carbons (Fsp3) is 0.261. The van der Waals surface area contributed by atoms with Gasteiger partial charge in [0.1, 0.15) is 18.3 Å². The van der Waals surface area contributed by atoms with Crippen molar-refractivity contribution in [3.8, 4) is 23.7 Å². The second kappa shape index (κ2) is 9.23. The van der Waals surface area contributed by atoms with Crippen molar-refractivity contribution in [2.45, 2.75) is 30.6 Å². The molecule has 4 atom stereocenters. The zero-order chi connectivity index (χ0) is 22.6. The van der Waals surface area contributed by atoms with Gasteiger partial charge in [-0.15, -0.1) is 0 Å². The third kappa shape index (κ3) is 5.44. The van der Waals surface area contributed by atoms with Gasteiger partial charge in [-0.25, -0.2) is 4.79 Å². The van der Waals surface area contributed by atoms with Gasteiger partial charge in [-0.2, -0.15) is 13.2 Å². The quantitative estimate of drug-likeness (QED) is 0.536. The van der Waals surface area contributed by atoms with E-state index in [1.807, 2.05) is 0 Å². The van der Waals surface area contributed by atoms with E-state index in [9.17, 15) is 28.2 Å². The molecule has 5 nitrogen and oxygen atoms in total. The second-order valence-electron chi connectivity index (χ2n) is 6.65. The van der Waals surface area contributed by atoms with Crippen LogP contribution in [0.15, 0.2) is 48.5 Å². The van der Waals surface area contributed by atoms with Gasteiger partial charge in [0.15, 0.2) is 6.10 Å². The molecule has 1 heterocycles. The Kier molecular flexibility index (Phi) is 6.67. The molecule has 2 N–H and O–H groups in total. The van der Waals surface area contributed by atoms with Crippen molar-refractivity contribution >= 4 is 5.97 Å². The van der Waals surface area contributed by atoms with Crippen LogP contribution < -0.4 is 0 Å². The summed E-state index contributed by atoms with van der Waals surface area (Å²) in [5, 5.41) is 19.8. The summed E-state index contributed by atoms with van der Waals surface area (Å²) < 4.78 is 47.5. The fourth-order valence-electron chi connectivity index (χ4n) is 2.79. The summed E-state index contributed by atoms with van der Waals surface area (Å²) in [7, 11) is 1.14. The maximum absolute atomic E-state index is 12.6. The average molecular weight is 430 g/mol. The van der Waals surface area contributed by atoms with Gasteiger partial charge in [-0.05, 0) is 48.5 Å². The van der Waals surface area contributed by atoms with E-state index in [1.54, 1.807) is 24.3 Å². The number of aliphatic hydroxyl groups excluding tert-OH is 2. The molecule has 1 aliphatic rings. The predicted molar refractivity (Wildman–Crippen MR) is 103 cm³/mol. The summed E-state index contributed by atoms with van der Waals surface area (Å²) in [6.45, 7) is 0. The lowest BCUT2D eigenvalue weighted by Crippen LogP contribution is -2.36. The molecule has 0 spiro atoms. The molecule has 0 aromatic heterocycles. The Balaban J connectivity index is 1.66. The molecule has 2 aromatic rings. The number of esters is 1. The molecule has 3 rings (SSSR count). The Hall–Kier alpha value is -3.30. The minimum atomic E-state index is -4.39. The van der Waals surface area contributed by atoms with Crippen LogP contribution in [-0.2, 0) is 20.4 Å². The summed E-state index contributed by atoms with van der Waals surface area (Å²) in [4.78, 5) is 11.5. The first-order chi connectivity index (χ1) is 14.7. The van der Waals surface area contributed by atoms with Crippen LogP contribution in [-0.4, -0.2) is 47.7 Å². The molecule has 0 unspecified atom stereocenters. The summed E-state index contributed by atoms with van der Waals surface area (Å²) in [6.07, 6.45) is -9.54. The number of aliphatic hydroxyl groups is 2. The number of carbonyl (C=O) groups excluding carboxylic acids is 1. The van der Waals surface area contributed by atoms with Crippen molar-refractivity contribution in [1.82, 2.24) is 0 Å². The molecule has 1 aliphatic heterocycles. The number of carbonyl (C=O) groups is 1. The molecule has 0 amide bonds. The van der Waals surface area contributed by atoms with Gasteiger partial charge < -0.3 is 19.7 Å². The first-order valence-corrected chi connectivity index (χ1v) is 9.09. The van der Waals surface area contributed by atoms with E-state index in [0.717, 1.165) is 19.2 Å². The predicted octanol–water partition coefficient (Wildman–Crippen LogP) is 2.12. The third-order valence-corrected chi connectivity index (χ3v) is 4.50. The minimum absolute atomic E-state index is 0.447. The Bertz CT molecular complexity index is 1050. The van der Waals surface area contributed by atoms with Gasteiger partial charge >= 0.3 is 12.1 Å². The number of hydrogen-bond acceptors (Lipinski definition) is 5. The Labute approximate surface area is 176 Å². The molecule has 2 aromatic carbocycles. The smallest absolute Gasteiger partial charge is 0.416 e. The van der Waals surface area contributed by atoms with E-state index in [4.69, 9.17) is 4.74 Å². The summed E-state index contributed by atoms with van der Waals surface area (Å²) in [5.74, 6) is 10.3. The van der Waals surface area contributed by atoms with Gasteiger partial charge in [-0.1, -0.05) is 23.7 Å². The molecular weight excluding hydrogens is 413 g/mol. The van der Waals surface area contributed by atoms with Crippen LogP contribution in [0.3, 0.4) is 0 Å². The Morgan fingerprint density at radius 3 is 1.87 bits per heavy atom. The first-order valence-electron chi connectivity index (χ1n) is 9.09. The van der Waals surface area contributed by atoms with Crippen LogP contribution in [0.5, 0.6) is 0 Å². The lowest BCUT2D eigenvalue weighted by Gasteiger charge is -2.10. The second-order valence-corrected chi connectivity index (χ2v) is 6.65. The van der Waals surface area contributed by atoms with Crippen LogP contribution in [0.2, 0.25) is 0 Å². The van der Waals surface area contributed by atoms with Crippen LogP contribution in [0.25, 0.3) is 0 Å². The summed E-state index contributed by atoms with van der Waals surface area (Å²) >= 11 is 0. The highest BCUT2D eigenvalue weighted by molar-refractivity contribution is 5.76. The zero-order valence-corrected chi connectivity index (χ0v) is 16.2. The van der Waals surface area contributed by atoms with Gasteiger partial charge in [0.2, 0.25) is 0 Å². The lowest BCUT2D eigenvalue weighted by atomic mass is 10.1. The molecule has 0 radical (unpaired) electrons. The molecule has 0 aliphatic carbocycles. The molecule has 8 heteroatoms. The van der Waals surface area contributed by atoms with Crippen molar-refractivity contribution in [2.75, 3.05) is 7.11 Å². The van der Waals surface area contributed by atoms with E-state index in [-0.39, 0.29) is 0 Å². The van der Waals surface area contributed by atoms with E-state index in [0.29, 0.717) is 16.7 Å². The van der Waals surface area contributed by atoms with Gasteiger partial charge in [0, 0.05) is 16.7 Å². The van der Waals surface area contributed by atoms with Crippen LogP contribution in [0.4, 0.5) is 13.2 Å². The van der Waals surface area contributed by atoms with Gasteiger partial charge in [0.25, 0.3) is 0 Å². The van der Waals surface area contributed by atoms with Crippen molar-refractivity contribution in [1.29, 1.82) is 0 Å². The number of hydrogen-bond donors (Lipinski definition) is 2.